The van der Waals surface area contributed by atoms with Crippen molar-refractivity contribution >= 4 is 0 Å². The molecular formula is C12H20N2O. The van der Waals surface area contributed by atoms with Gasteiger partial charge in [-0.3, -0.25) is 4.90 Å². The zero-order chi connectivity index (χ0) is 10.7. The predicted octanol–water partition coefficient (Wildman–Crippen LogP) is 1.60. The highest BCUT2D eigenvalue weighted by Crippen LogP contribution is 2.10. The smallest absolute Gasteiger partial charge is 0.0881 e. The first-order valence-corrected chi connectivity index (χ1v) is 5.72. The van der Waals surface area contributed by atoms with Crippen molar-refractivity contribution in [3.05, 3.63) is 24.5 Å². The number of nitrogens with zero attached hydrogens (tertiary/aromatic N) is 2. The summed E-state index contributed by atoms with van der Waals surface area (Å²) in [6.07, 6.45) is 4.53. The fourth-order valence-electron chi connectivity index (χ4n) is 2.05. The molecule has 1 aromatic heterocycles. The van der Waals surface area contributed by atoms with Crippen molar-refractivity contribution < 1.29 is 4.74 Å². The molecule has 0 bridgehead atoms. The Morgan fingerprint density at radius 2 is 2.07 bits per heavy atom. The van der Waals surface area contributed by atoms with Crippen LogP contribution < -0.4 is 0 Å². The van der Waals surface area contributed by atoms with Crippen LogP contribution in [0.2, 0.25) is 0 Å². The highest BCUT2D eigenvalue weighted by atomic mass is 16.5. The molecule has 0 aromatic carbocycles. The Kier molecular flexibility index (Phi) is 3.44. The minimum Gasteiger partial charge on any atom is -0.374 e. The maximum absolute atomic E-state index is 5.77. The van der Waals surface area contributed by atoms with Gasteiger partial charge in [0.05, 0.1) is 12.7 Å². The monoisotopic (exact) mass is 208 g/mol. The number of rotatable bonds is 3. The Labute approximate surface area is 91.6 Å². The van der Waals surface area contributed by atoms with Crippen molar-refractivity contribution in [2.45, 2.75) is 32.5 Å². The van der Waals surface area contributed by atoms with E-state index in [1.54, 1.807) is 0 Å². The first kappa shape index (κ1) is 10.7. The Hall–Kier alpha value is -0.800. The number of hydrogen-bond donors (Lipinski definition) is 0. The third-order valence-electron chi connectivity index (χ3n) is 2.98. The van der Waals surface area contributed by atoms with E-state index >= 15 is 0 Å². The number of ether oxygens (including phenoxy) is 1. The van der Waals surface area contributed by atoms with E-state index in [1.807, 2.05) is 0 Å². The Morgan fingerprint density at radius 1 is 1.33 bits per heavy atom. The molecule has 2 rings (SSSR count). The topological polar surface area (TPSA) is 17.4 Å². The largest absolute Gasteiger partial charge is 0.374 e. The van der Waals surface area contributed by atoms with Crippen LogP contribution in [0, 0.1) is 0 Å². The van der Waals surface area contributed by atoms with Crippen LogP contribution in [-0.2, 0) is 11.3 Å². The average Bonchev–Trinajstić information content (AvgIpc) is 2.71. The molecule has 1 saturated heterocycles. The molecule has 0 aliphatic carbocycles. The summed E-state index contributed by atoms with van der Waals surface area (Å²) in [5, 5.41) is 0. The van der Waals surface area contributed by atoms with E-state index in [4.69, 9.17) is 4.74 Å². The van der Waals surface area contributed by atoms with Crippen LogP contribution in [0.5, 0.6) is 0 Å². The van der Waals surface area contributed by atoms with Gasteiger partial charge in [0.1, 0.15) is 0 Å². The molecule has 1 fully saturated rings. The van der Waals surface area contributed by atoms with Gasteiger partial charge >= 0.3 is 0 Å². The summed E-state index contributed by atoms with van der Waals surface area (Å²) >= 11 is 0. The molecular weight excluding hydrogens is 188 g/mol. The first-order valence-electron chi connectivity index (χ1n) is 5.72. The van der Waals surface area contributed by atoms with Gasteiger partial charge in [-0.05, 0) is 26.0 Å². The van der Waals surface area contributed by atoms with Crippen molar-refractivity contribution in [3.63, 3.8) is 0 Å². The molecule has 15 heavy (non-hydrogen) atoms. The van der Waals surface area contributed by atoms with Crippen LogP contribution >= 0.6 is 0 Å². The molecule has 0 unspecified atom stereocenters. The van der Waals surface area contributed by atoms with E-state index in [-0.39, 0.29) is 0 Å². The number of hydrogen-bond acceptors (Lipinski definition) is 2. The molecule has 0 N–H and O–H groups in total. The summed E-state index contributed by atoms with van der Waals surface area (Å²) < 4.78 is 7.96. The van der Waals surface area contributed by atoms with E-state index in [0.29, 0.717) is 12.1 Å². The second kappa shape index (κ2) is 4.81. The van der Waals surface area contributed by atoms with Crippen LogP contribution in [0.25, 0.3) is 0 Å². The van der Waals surface area contributed by atoms with E-state index in [1.165, 1.54) is 0 Å². The molecule has 84 valence electrons. The average molecular weight is 208 g/mol. The third-order valence-corrected chi connectivity index (χ3v) is 2.98. The van der Waals surface area contributed by atoms with E-state index in [2.05, 4.69) is 47.8 Å². The van der Waals surface area contributed by atoms with Crippen LogP contribution in [-0.4, -0.2) is 41.3 Å². The van der Waals surface area contributed by atoms with Gasteiger partial charge in [0.25, 0.3) is 0 Å². The van der Waals surface area contributed by atoms with Gasteiger partial charge in [-0.1, -0.05) is 0 Å². The second-order valence-corrected chi connectivity index (χ2v) is 4.46. The normalized spacial score (nSPS) is 23.5. The zero-order valence-corrected chi connectivity index (χ0v) is 9.60. The Bertz CT molecular complexity index is 282. The van der Waals surface area contributed by atoms with Crippen molar-refractivity contribution in [1.29, 1.82) is 0 Å². The zero-order valence-electron chi connectivity index (χ0n) is 9.60. The Morgan fingerprint density at radius 3 is 2.73 bits per heavy atom. The van der Waals surface area contributed by atoms with Gasteiger partial charge in [0, 0.05) is 38.1 Å². The molecule has 0 spiro atoms. The lowest BCUT2D eigenvalue weighted by atomic mass is 10.2. The Balaban J connectivity index is 1.88. The lowest BCUT2D eigenvalue weighted by Crippen LogP contribution is -2.47. The summed E-state index contributed by atoms with van der Waals surface area (Å²) in [5.74, 6) is 0. The van der Waals surface area contributed by atoms with E-state index in [0.717, 1.165) is 26.2 Å². The molecule has 0 radical (unpaired) electrons. The van der Waals surface area contributed by atoms with Gasteiger partial charge in [0.2, 0.25) is 0 Å². The molecule has 0 saturated carbocycles. The standard InChI is InChI=1S/C12H20N2O/c1-11(2)14-7-8-15-12(10-14)9-13-5-3-4-6-13/h3-6,11-12H,7-10H2,1-2H3/t12-/m0/s1. The lowest BCUT2D eigenvalue weighted by Gasteiger charge is -2.35. The third kappa shape index (κ3) is 2.83. The summed E-state index contributed by atoms with van der Waals surface area (Å²) in [6.45, 7) is 8.45. The minimum atomic E-state index is 0.341. The maximum atomic E-state index is 5.77. The van der Waals surface area contributed by atoms with Gasteiger partial charge in [-0.25, -0.2) is 0 Å². The van der Waals surface area contributed by atoms with Crippen molar-refractivity contribution in [2.75, 3.05) is 19.7 Å². The number of aromatic nitrogens is 1. The van der Waals surface area contributed by atoms with E-state index in [9.17, 15) is 0 Å². The SMILES string of the molecule is CC(C)N1CCO[C@@H](Cn2cccc2)C1. The van der Waals surface area contributed by atoms with Gasteiger partial charge in [0.15, 0.2) is 0 Å². The fraction of sp³-hybridized carbons (Fsp3) is 0.667. The van der Waals surface area contributed by atoms with Crippen molar-refractivity contribution in [2.24, 2.45) is 0 Å². The lowest BCUT2D eigenvalue weighted by molar-refractivity contribution is -0.0455. The number of morpholine rings is 1. The van der Waals surface area contributed by atoms with Crippen molar-refractivity contribution in [1.82, 2.24) is 9.47 Å². The maximum Gasteiger partial charge on any atom is 0.0881 e. The van der Waals surface area contributed by atoms with Crippen LogP contribution in [0.1, 0.15) is 13.8 Å². The summed E-state index contributed by atoms with van der Waals surface area (Å²) in [6, 6.07) is 4.74. The highest BCUT2D eigenvalue weighted by molar-refractivity contribution is 4.91. The quantitative estimate of drug-likeness (QED) is 0.750. The molecule has 2 heterocycles. The molecule has 1 atom stereocenters. The van der Waals surface area contributed by atoms with Crippen molar-refractivity contribution in [3.8, 4) is 0 Å². The first-order chi connectivity index (χ1) is 7.25. The molecule has 0 amide bonds. The van der Waals surface area contributed by atoms with Crippen LogP contribution in [0.3, 0.4) is 0 Å². The summed E-state index contributed by atoms with van der Waals surface area (Å²) in [4.78, 5) is 2.48. The van der Waals surface area contributed by atoms with Gasteiger partial charge < -0.3 is 9.30 Å². The van der Waals surface area contributed by atoms with E-state index < -0.39 is 0 Å². The van der Waals surface area contributed by atoms with Crippen LogP contribution in [0.15, 0.2) is 24.5 Å². The van der Waals surface area contributed by atoms with Gasteiger partial charge in [-0.2, -0.15) is 0 Å². The van der Waals surface area contributed by atoms with Crippen LogP contribution in [0.4, 0.5) is 0 Å². The minimum absolute atomic E-state index is 0.341. The molecule has 1 aliphatic heterocycles. The van der Waals surface area contributed by atoms with Gasteiger partial charge in [-0.15, -0.1) is 0 Å². The fourth-order valence-corrected chi connectivity index (χ4v) is 2.05. The molecule has 3 heteroatoms. The molecule has 1 aliphatic rings. The predicted molar refractivity (Wildman–Crippen MR) is 60.9 cm³/mol. The second-order valence-electron chi connectivity index (χ2n) is 4.46. The summed E-state index contributed by atoms with van der Waals surface area (Å²) in [7, 11) is 0. The molecule has 3 nitrogen and oxygen atoms in total. The molecule has 1 aromatic rings. The highest BCUT2D eigenvalue weighted by Gasteiger charge is 2.21. The summed E-state index contributed by atoms with van der Waals surface area (Å²) in [5.41, 5.74) is 0.